The first-order valence-electron chi connectivity index (χ1n) is 4.91. The summed E-state index contributed by atoms with van der Waals surface area (Å²) >= 11 is 0. The maximum absolute atomic E-state index is 11.9. The summed E-state index contributed by atoms with van der Waals surface area (Å²) in [5.74, 6) is 0.192. The van der Waals surface area contributed by atoms with Crippen LogP contribution in [-0.2, 0) is 0 Å². The molecule has 0 saturated heterocycles. The van der Waals surface area contributed by atoms with Gasteiger partial charge in [-0.15, -0.1) is 0 Å². The van der Waals surface area contributed by atoms with Crippen molar-refractivity contribution in [2.45, 2.75) is 26.5 Å². The van der Waals surface area contributed by atoms with E-state index < -0.39 is 6.61 Å². The van der Waals surface area contributed by atoms with Crippen LogP contribution in [0.25, 0.3) is 0 Å². The van der Waals surface area contributed by atoms with Gasteiger partial charge in [0, 0.05) is 6.04 Å². The van der Waals surface area contributed by atoms with E-state index >= 15 is 0 Å². The summed E-state index contributed by atoms with van der Waals surface area (Å²) in [5.41, 5.74) is 1.05. The van der Waals surface area contributed by atoms with Crippen molar-refractivity contribution in [3.8, 4) is 5.75 Å². The lowest BCUT2D eigenvalue weighted by molar-refractivity contribution is -0.0498. The Labute approximate surface area is 88.3 Å². The number of rotatable bonds is 5. The van der Waals surface area contributed by atoms with Crippen LogP contribution in [0.15, 0.2) is 24.3 Å². The Bertz CT molecular complexity index is 287. The predicted molar refractivity (Wildman–Crippen MR) is 55.2 cm³/mol. The van der Waals surface area contributed by atoms with Gasteiger partial charge in [-0.05, 0) is 31.2 Å². The molecule has 0 fully saturated rings. The van der Waals surface area contributed by atoms with E-state index in [2.05, 4.69) is 10.1 Å². The molecule has 0 saturated carbocycles. The van der Waals surface area contributed by atoms with Gasteiger partial charge in [0.05, 0.1) is 0 Å². The summed E-state index contributed by atoms with van der Waals surface area (Å²) in [6.07, 6.45) is 0. The van der Waals surface area contributed by atoms with Crippen LogP contribution in [0.1, 0.15) is 25.5 Å². The number of hydrogen-bond acceptors (Lipinski definition) is 2. The molecule has 1 aromatic rings. The van der Waals surface area contributed by atoms with Crippen molar-refractivity contribution in [1.82, 2.24) is 5.32 Å². The molecule has 0 aliphatic rings. The van der Waals surface area contributed by atoms with Crippen molar-refractivity contribution in [2.24, 2.45) is 0 Å². The lowest BCUT2D eigenvalue weighted by Gasteiger charge is -2.13. The minimum atomic E-state index is -2.76. The normalized spacial score (nSPS) is 12.9. The predicted octanol–water partition coefficient (Wildman–Crippen LogP) is 2.96. The van der Waals surface area contributed by atoms with Crippen LogP contribution in [0.3, 0.4) is 0 Å². The Morgan fingerprint density at radius 1 is 1.27 bits per heavy atom. The second-order valence-corrected chi connectivity index (χ2v) is 3.23. The topological polar surface area (TPSA) is 21.3 Å². The third kappa shape index (κ3) is 3.83. The fraction of sp³-hybridized carbons (Fsp3) is 0.455. The maximum Gasteiger partial charge on any atom is 0.387 e. The number of nitrogens with one attached hydrogen (secondary N) is 1. The van der Waals surface area contributed by atoms with E-state index in [1.54, 1.807) is 24.3 Å². The number of hydrogen-bond donors (Lipinski definition) is 1. The molecule has 1 aromatic carbocycles. The lowest BCUT2D eigenvalue weighted by atomic mass is 10.1. The Kier molecular flexibility index (Phi) is 4.49. The van der Waals surface area contributed by atoms with E-state index in [1.165, 1.54) is 0 Å². The zero-order valence-electron chi connectivity index (χ0n) is 8.84. The van der Waals surface area contributed by atoms with Crippen molar-refractivity contribution in [2.75, 3.05) is 6.54 Å². The van der Waals surface area contributed by atoms with E-state index in [0.29, 0.717) is 0 Å². The van der Waals surface area contributed by atoms with Gasteiger partial charge in [-0.1, -0.05) is 19.1 Å². The van der Waals surface area contributed by atoms with E-state index in [0.717, 1.165) is 12.1 Å². The molecule has 84 valence electrons. The first kappa shape index (κ1) is 11.9. The molecule has 0 aromatic heterocycles. The van der Waals surface area contributed by atoms with E-state index in [4.69, 9.17) is 0 Å². The van der Waals surface area contributed by atoms with Crippen molar-refractivity contribution in [1.29, 1.82) is 0 Å². The Morgan fingerprint density at radius 2 is 1.87 bits per heavy atom. The van der Waals surface area contributed by atoms with Crippen LogP contribution in [0.4, 0.5) is 8.78 Å². The van der Waals surface area contributed by atoms with Crippen LogP contribution in [0.5, 0.6) is 5.75 Å². The molecule has 0 spiro atoms. The molecule has 0 aliphatic carbocycles. The molecule has 0 amide bonds. The van der Waals surface area contributed by atoms with Crippen LogP contribution >= 0.6 is 0 Å². The van der Waals surface area contributed by atoms with Gasteiger partial charge in [-0.2, -0.15) is 8.78 Å². The van der Waals surface area contributed by atoms with Gasteiger partial charge in [0.25, 0.3) is 0 Å². The van der Waals surface area contributed by atoms with Gasteiger partial charge in [0.2, 0.25) is 0 Å². The quantitative estimate of drug-likeness (QED) is 0.815. The average Bonchev–Trinajstić information content (AvgIpc) is 2.18. The minimum absolute atomic E-state index is 0.192. The van der Waals surface area contributed by atoms with Gasteiger partial charge in [0.15, 0.2) is 0 Å². The Morgan fingerprint density at radius 3 is 2.33 bits per heavy atom. The molecule has 15 heavy (non-hydrogen) atoms. The van der Waals surface area contributed by atoms with Crippen LogP contribution in [0.2, 0.25) is 0 Å². The van der Waals surface area contributed by atoms with Gasteiger partial charge in [0.1, 0.15) is 5.75 Å². The molecule has 0 aliphatic heterocycles. The summed E-state index contributed by atoms with van der Waals surface area (Å²) in [7, 11) is 0. The molecular weight excluding hydrogens is 200 g/mol. The first-order valence-corrected chi connectivity index (χ1v) is 4.91. The molecule has 0 radical (unpaired) electrons. The van der Waals surface area contributed by atoms with Gasteiger partial charge >= 0.3 is 6.61 Å². The summed E-state index contributed by atoms with van der Waals surface area (Å²) in [6, 6.07) is 6.89. The fourth-order valence-corrected chi connectivity index (χ4v) is 1.36. The van der Waals surface area contributed by atoms with E-state index in [1.807, 2.05) is 13.8 Å². The second-order valence-electron chi connectivity index (χ2n) is 3.23. The summed E-state index contributed by atoms with van der Waals surface area (Å²) in [4.78, 5) is 0. The minimum Gasteiger partial charge on any atom is -0.435 e. The van der Waals surface area contributed by atoms with E-state index in [9.17, 15) is 8.78 Å². The third-order valence-electron chi connectivity index (χ3n) is 2.12. The van der Waals surface area contributed by atoms with Crippen LogP contribution < -0.4 is 10.1 Å². The summed E-state index contributed by atoms with van der Waals surface area (Å²) in [5, 5.41) is 3.23. The van der Waals surface area contributed by atoms with Crippen LogP contribution in [0, 0.1) is 0 Å². The van der Waals surface area contributed by atoms with Gasteiger partial charge < -0.3 is 10.1 Å². The second kappa shape index (κ2) is 5.66. The molecule has 4 heteroatoms. The van der Waals surface area contributed by atoms with Crippen LogP contribution in [-0.4, -0.2) is 13.2 Å². The third-order valence-corrected chi connectivity index (χ3v) is 2.12. The summed E-state index contributed by atoms with van der Waals surface area (Å²) in [6.45, 7) is 2.15. The van der Waals surface area contributed by atoms with Crippen molar-refractivity contribution >= 4 is 0 Å². The molecule has 1 atom stereocenters. The lowest BCUT2D eigenvalue weighted by Crippen LogP contribution is -2.17. The molecule has 0 heterocycles. The smallest absolute Gasteiger partial charge is 0.387 e. The van der Waals surface area contributed by atoms with Crippen molar-refractivity contribution in [3.05, 3.63) is 29.8 Å². The number of benzene rings is 1. The SMILES string of the molecule is CCNC(C)c1ccc(OC(F)F)cc1. The first-order chi connectivity index (χ1) is 7.13. The number of ether oxygens (including phenoxy) is 1. The largest absolute Gasteiger partial charge is 0.435 e. The Hall–Kier alpha value is -1.16. The maximum atomic E-state index is 11.9. The highest BCUT2D eigenvalue weighted by molar-refractivity contribution is 5.28. The highest BCUT2D eigenvalue weighted by Gasteiger charge is 2.06. The van der Waals surface area contributed by atoms with Gasteiger partial charge in [-0.25, -0.2) is 0 Å². The Balaban J connectivity index is 2.63. The molecular formula is C11H15F2NO. The van der Waals surface area contributed by atoms with Crippen molar-refractivity contribution < 1.29 is 13.5 Å². The zero-order valence-corrected chi connectivity index (χ0v) is 8.84. The molecule has 1 N–H and O–H groups in total. The molecule has 0 bridgehead atoms. The van der Waals surface area contributed by atoms with E-state index in [-0.39, 0.29) is 11.8 Å². The highest BCUT2D eigenvalue weighted by Crippen LogP contribution is 2.18. The monoisotopic (exact) mass is 215 g/mol. The standard InChI is InChI=1S/C11H15F2NO/c1-3-14-8(2)9-4-6-10(7-5-9)15-11(12)13/h4-8,11,14H,3H2,1-2H3. The molecule has 1 unspecified atom stereocenters. The molecule has 2 nitrogen and oxygen atoms in total. The average molecular weight is 215 g/mol. The number of alkyl halides is 2. The summed E-state index contributed by atoms with van der Waals surface area (Å²) < 4.78 is 28.0. The van der Waals surface area contributed by atoms with Crippen molar-refractivity contribution in [3.63, 3.8) is 0 Å². The molecule has 1 rings (SSSR count). The fourth-order valence-electron chi connectivity index (χ4n) is 1.36. The zero-order chi connectivity index (χ0) is 11.3. The number of halogens is 2. The highest BCUT2D eigenvalue weighted by atomic mass is 19.3. The van der Waals surface area contributed by atoms with Gasteiger partial charge in [-0.3, -0.25) is 0 Å².